The van der Waals surface area contributed by atoms with Gasteiger partial charge >= 0.3 is 0 Å². The van der Waals surface area contributed by atoms with Crippen molar-refractivity contribution in [2.45, 2.75) is 11.8 Å². The van der Waals surface area contributed by atoms with E-state index in [9.17, 15) is 8.42 Å². The van der Waals surface area contributed by atoms with Gasteiger partial charge in [-0.3, -0.25) is 0 Å². The lowest BCUT2D eigenvalue weighted by molar-refractivity contribution is 0.598. The van der Waals surface area contributed by atoms with Gasteiger partial charge < -0.3 is 0 Å². The van der Waals surface area contributed by atoms with Crippen molar-refractivity contribution in [3.8, 4) is 0 Å². The van der Waals surface area contributed by atoms with Crippen molar-refractivity contribution in [1.82, 2.24) is 0 Å². The normalized spacial score (nSPS) is 13.2. The van der Waals surface area contributed by atoms with Gasteiger partial charge in [0.15, 0.2) is 0 Å². The molecule has 122 valence electrons. The number of hydrogen-bond acceptors (Lipinski definition) is 2. The van der Waals surface area contributed by atoms with Crippen LogP contribution in [0.5, 0.6) is 0 Å². The Morgan fingerprint density at radius 2 is 1.08 bits per heavy atom. The lowest BCUT2D eigenvalue weighted by atomic mass is 10.0. The molecule has 0 saturated heterocycles. The minimum absolute atomic E-state index is 0.322. The molecule has 0 atom stereocenters. The number of aryl methyl sites for hydroxylation is 1. The molecule has 0 bridgehead atoms. The van der Waals surface area contributed by atoms with Crippen LogP contribution in [0.1, 0.15) is 5.56 Å². The Bertz CT molecular complexity index is 1200. The van der Waals surface area contributed by atoms with Gasteiger partial charge in [0, 0.05) is 10.8 Å². The molecule has 4 heteroatoms. The van der Waals surface area contributed by atoms with Gasteiger partial charge in [0.1, 0.15) is 0 Å². The summed E-state index contributed by atoms with van der Waals surface area (Å²) in [6.45, 7) is 1.95. The first kappa shape index (κ1) is 14.5. The molecular weight excluding hydrogens is 330 g/mol. The zero-order valence-corrected chi connectivity index (χ0v) is 14.4. The van der Waals surface area contributed by atoms with Crippen LogP contribution in [0.25, 0.3) is 21.5 Å². The highest BCUT2D eigenvalue weighted by Crippen LogP contribution is 2.59. The maximum Gasteiger partial charge on any atom is 0.268 e. The molecule has 0 saturated carbocycles. The van der Waals surface area contributed by atoms with Gasteiger partial charge in [0.05, 0.1) is 16.3 Å². The number of hydrogen-bond donors (Lipinski definition) is 0. The Morgan fingerprint density at radius 1 is 0.640 bits per heavy atom. The Kier molecular flexibility index (Phi) is 2.80. The third kappa shape index (κ3) is 1.94. The second kappa shape index (κ2) is 4.83. The summed E-state index contributed by atoms with van der Waals surface area (Å²) in [6.07, 6.45) is 0. The number of anilines is 2. The number of nitrogens with zero attached hydrogens (tertiary/aromatic N) is 1. The van der Waals surface area contributed by atoms with E-state index in [1.807, 2.05) is 67.6 Å². The van der Waals surface area contributed by atoms with Gasteiger partial charge in [0.2, 0.25) is 0 Å². The molecule has 4 aromatic carbocycles. The minimum atomic E-state index is -3.59. The molecule has 0 fully saturated rings. The third-order valence-corrected chi connectivity index (χ3v) is 6.51. The molecule has 25 heavy (non-hydrogen) atoms. The SMILES string of the molecule is Cc1ccc(S(=O)(=O)N2c3c2c2ccccc2c2ccccc32)cc1. The average molecular weight is 345 g/mol. The number of benzene rings is 4. The Balaban J connectivity index is 1.80. The molecular formula is C21H15NO2S. The van der Waals surface area contributed by atoms with Crippen molar-refractivity contribution in [3.63, 3.8) is 0 Å². The van der Waals surface area contributed by atoms with E-state index in [1.54, 1.807) is 12.1 Å². The van der Waals surface area contributed by atoms with Crippen LogP contribution >= 0.6 is 0 Å². The second-order valence-corrected chi connectivity index (χ2v) is 8.16. The van der Waals surface area contributed by atoms with E-state index >= 15 is 0 Å². The van der Waals surface area contributed by atoms with E-state index < -0.39 is 10.0 Å². The van der Waals surface area contributed by atoms with Gasteiger partial charge in [-0.1, -0.05) is 66.2 Å². The summed E-state index contributed by atoms with van der Waals surface area (Å²) in [7, 11) is -3.59. The summed E-state index contributed by atoms with van der Waals surface area (Å²) in [6, 6.07) is 23.0. The Morgan fingerprint density at radius 3 is 1.56 bits per heavy atom. The van der Waals surface area contributed by atoms with Crippen LogP contribution in [-0.4, -0.2) is 8.42 Å². The smallest absolute Gasteiger partial charge is 0.229 e. The first-order valence-electron chi connectivity index (χ1n) is 8.14. The Hall–Kier alpha value is -2.85. The molecule has 3 nitrogen and oxygen atoms in total. The number of sulfonamides is 1. The predicted molar refractivity (Wildman–Crippen MR) is 102 cm³/mol. The van der Waals surface area contributed by atoms with Gasteiger partial charge in [-0.05, 0) is 29.8 Å². The fourth-order valence-corrected chi connectivity index (χ4v) is 5.03. The van der Waals surface area contributed by atoms with Crippen LogP contribution in [0, 0.1) is 6.92 Å². The number of fused-ring (bicyclic) bond motifs is 6. The maximum absolute atomic E-state index is 13.2. The molecule has 5 rings (SSSR count). The zero-order valence-electron chi connectivity index (χ0n) is 13.6. The molecule has 0 radical (unpaired) electrons. The first-order valence-corrected chi connectivity index (χ1v) is 9.58. The zero-order chi connectivity index (χ0) is 17.2. The van der Waals surface area contributed by atoms with Crippen molar-refractivity contribution < 1.29 is 8.42 Å². The minimum Gasteiger partial charge on any atom is -0.229 e. The average Bonchev–Trinajstić information content (AvgIpc) is 3.39. The molecule has 0 N–H and O–H groups in total. The molecule has 0 amide bonds. The molecule has 4 aromatic rings. The van der Waals surface area contributed by atoms with Crippen molar-refractivity contribution in [2.24, 2.45) is 0 Å². The highest BCUT2D eigenvalue weighted by atomic mass is 32.2. The molecule has 1 aliphatic heterocycles. The fraction of sp³-hybridized carbons (Fsp3) is 0.0476. The van der Waals surface area contributed by atoms with Crippen LogP contribution < -0.4 is 4.31 Å². The summed E-state index contributed by atoms with van der Waals surface area (Å²) in [4.78, 5) is 0.322. The molecule has 1 heterocycles. The van der Waals surface area contributed by atoms with E-state index in [-0.39, 0.29) is 0 Å². The lowest BCUT2D eigenvalue weighted by Gasteiger charge is -2.06. The van der Waals surface area contributed by atoms with E-state index in [0.717, 1.165) is 38.5 Å². The van der Waals surface area contributed by atoms with Crippen LogP contribution in [0.4, 0.5) is 11.4 Å². The summed E-state index contributed by atoms with van der Waals surface area (Å²) >= 11 is 0. The largest absolute Gasteiger partial charge is 0.268 e. The van der Waals surface area contributed by atoms with E-state index in [4.69, 9.17) is 0 Å². The van der Waals surface area contributed by atoms with Gasteiger partial charge in [-0.2, -0.15) is 0 Å². The second-order valence-electron chi connectivity index (χ2n) is 6.37. The van der Waals surface area contributed by atoms with E-state index in [1.165, 1.54) is 4.31 Å². The predicted octanol–water partition coefficient (Wildman–Crippen LogP) is 5.14. The first-order chi connectivity index (χ1) is 12.1. The van der Waals surface area contributed by atoms with E-state index in [0.29, 0.717) is 4.90 Å². The molecule has 0 aromatic heterocycles. The molecule has 0 spiro atoms. The lowest BCUT2D eigenvalue weighted by Crippen LogP contribution is -2.14. The molecule has 0 unspecified atom stereocenters. The number of rotatable bonds is 2. The Labute approximate surface area is 146 Å². The molecule has 0 aliphatic carbocycles. The summed E-state index contributed by atoms with van der Waals surface area (Å²) in [5, 5.41) is 4.12. The summed E-state index contributed by atoms with van der Waals surface area (Å²) < 4.78 is 27.8. The monoisotopic (exact) mass is 345 g/mol. The highest BCUT2D eigenvalue weighted by Gasteiger charge is 2.44. The summed E-state index contributed by atoms with van der Waals surface area (Å²) in [5.41, 5.74) is 2.64. The van der Waals surface area contributed by atoms with Gasteiger partial charge in [-0.15, -0.1) is 0 Å². The standard InChI is InChI=1S/C21H15NO2S/c1-14-10-12-15(13-11-14)25(23,24)22-20-18-8-4-2-6-16(18)17-7-3-5-9-19(17)21(20)22/h2-13H,1H3. The fourth-order valence-electron chi connectivity index (χ4n) is 3.53. The van der Waals surface area contributed by atoms with E-state index in [2.05, 4.69) is 0 Å². The highest BCUT2D eigenvalue weighted by molar-refractivity contribution is 7.93. The summed E-state index contributed by atoms with van der Waals surface area (Å²) in [5.74, 6) is 0. The van der Waals surface area contributed by atoms with Crippen molar-refractivity contribution >= 4 is 42.9 Å². The van der Waals surface area contributed by atoms with Gasteiger partial charge in [0.25, 0.3) is 10.0 Å². The third-order valence-electron chi connectivity index (χ3n) is 4.79. The van der Waals surface area contributed by atoms with Crippen LogP contribution in [0.3, 0.4) is 0 Å². The quantitative estimate of drug-likeness (QED) is 0.372. The van der Waals surface area contributed by atoms with Gasteiger partial charge in [-0.25, -0.2) is 12.7 Å². The van der Waals surface area contributed by atoms with Crippen LogP contribution in [0.15, 0.2) is 77.7 Å². The van der Waals surface area contributed by atoms with Crippen molar-refractivity contribution in [2.75, 3.05) is 4.31 Å². The van der Waals surface area contributed by atoms with Crippen LogP contribution in [-0.2, 0) is 10.0 Å². The maximum atomic E-state index is 13.2. The molecule has 1 aliphatic rings. The van der Waals surface area contributed by atoms with Crippen LogP contribution in [0.2, 0.25) is 0 Å². The van der Waals surface area contributed by atoms with Crippen molar-refractivity contribution in [1.29, 1.82) is 0 Å². The topological polar surface area (TPSA) is 37.1 Å². The van der Waals surface area contributed by atoms with Crippen molar-refractivity contribution in [3.05, 3.63) is 78.4 Å².